The van der Waals surface area contributed by atoms with Crippen LogP contribution in [0.4, 0.5) is 0 Å². The van der Waals surface area contributed by atoms with Gasteiger partial charge in [-0.2, -0.15) is 0 Å². The fourth-order valence-corrected chi connectivity index (χ4v) is 1.65. The minimum atomic E-state index is 0.185. The number of likely N-dealkylation sites (N-methyl/N-ethyl adjacent to an activating group) is 1. The number of likely N-dealkylation sites (tertiary alicyclic amines) is 1. The quantitative estimate of drug-likeness (QED) is 0.809. The van der Waals surface area contributed by atoms with E-state index >= 15 is 0 Å². The molecule has 0 aromatic heterocycles. The van der Waals surface area contributed by atoms with Crippen LogP contribution in [-0.2, 0) is 0 Å². The number of ether oxygens (including phenoxy) is 2. The highest BCUT2D eigenvalue weighted by Gasteiger charge is 2.25. The molecule has 0 amide bonds. The fourth-order valence-electron chi connectivity index (χ4n) is 1.65. The first-order valence-electron chi connectivity index (χ1n) is 4.91. The molecule has 1 aromatic rings. The van der Waals surface area contributed by atoms with Crippen molar-refractivity contribution in [3.05, 3.63) is 18.2 Å². The van der Waals surface area contributed by atoms with Crippen molar-refractivity contribution in [3.8, 4) is 17.2 Å². The van der Waals surface area contributed by atoms with Gasteiger partial charge >= 0.3 is 0 Å². The molecule has 0 bridgehead atoms. The molecule has 4 nitrogen and oxygen atoms in total. The lowest BCUT2D eigenvalue weighted by Crippen LogP contribution is -2.51. The first kappa shape index (κ1) is 10.1. The second-order valence-electron chi connectivity index (χ2n) is 3.80. The lowest BCUT2D eigenvalue weighted by atomic mass is 10.2. The molecule has 4 heteroatoms. The van der Waals surface area contributed by atoms with Crippen LogP contribution in [0.2, 0.25) is 0 Å². The summed E-state index contributed by atoms with van der Waals surface area (Å²) in [5.74, 6) is 1.45. The van der Waals surface area contributed by atoms with Gasteiger partial charge in [0, 0.05) is 19.2 Å². The van der Waals surface area contributed by atoms with Gasteiger partial charge in [0.05, 0.1) is 7.11 Å². The summed E-state index contributed by atoms with van der Waals surface area (Å²) in [6.07, 6.45) is 0.230. The standard InChI is InChI=1S/C11H15NO3/c1-12-6-9(7-12)15-10-4-3-8(13)5-11(10)14-2/h3-5,9,13H,6-7H2,1-2H3. The maximum atomic E-state index is 9.27. The van der Waals surface area contributed by atoms with E-state index in [4.69, 9.17) is 9.47 Å². The Balaban J connectivity index is 2.07. The van der Waals surface area contributed by atoms with E-state index in [-0.39, 0.29) is 11.9 Å². The normalized spacial score (nSPS) is 17.2. The first-order chi connectivity index (χ1) is 7.19. The highest BCUT2D eigenvalue weighted by atomic mass is 16.5. The molecule has 1 heterocycles. The zero-order valence-corrected chi connectivity index (χ0v) is 8.93. The van der Waals surface area contributed by atoms with E-state index in [1.165, 1.54) is 0 Å². The molecule has 2 rings (SSSR count). The highest BCUT2D eigenvalue weighted by molar-refractivity contribution is 5.45. The molecule has 1 fully saturated rings. The molecule has 0 aliphatic carbocycles. The topological polar surface area (TPSA) is 41.9 Å². The zero-order chi connectivity index (χ0) is 10.8. The predicted molar refractivity (Wildman–Crippen MR) is 56.6 cm³/mol. The summed E-state index contributed by atoms with van der Waals surface area (Å²) < 4.78 is 10.8. The number of nitrogens with zero attached hydrogens (tertiary/aromatic N) is 1. The van der Waals surface area contributed by atoms with E-state index in [1.807, 2.05) is 7.05 Å². The minimum absolute atomic E-state index is 0.185. The van der Waals surface area contributed by atoms with Crippen LogP contribution in [0.5, 0.6) is 17.2 Å². The Morgan fingerprint density at radius 1 is 1.33 bits per heavy atom. The molecule has 0 atom stereocenters. The average molecular weight is 209 g/mol. The Bertz CT molecular complexity index is 348. The van der Waals surface area contributed by atoms with Crippen LogP contribution in [0.3, 0.4) is 0 Å². The first-order valence-corrected chi connectivity index (χ1v) is 4.91. The summed E-state index contributed by atoms with van der Waals surface area (Å²) in [5.41, 5.74) is 0. The van der Waals surface area contributed by atoms with Gasteiger partial charge in [-0.25, -0.2) is 0 Å². The van der Waals surface area contributed by atoms with Gasteiger partial charge in [0.25, 0.3) is 0 Å². The lowest BCUT2D eigenvalue weighted by Gasteiger charge is -2.36. The van der Waals surface area contributed by atoms with Crippen molar-refractivity contribution >= 4 is 0 Å². The maximum absolute atomic E-state index is 9.27. The van der Waals surface area contributed by atoms with E-state index in [9.17, 15) is 5.11 Å². The summed E-state index contributed by atoms with van der Waals surface area (Å²) in [7, 11) is 3.61. The van der Waals surface area contributed by atoms with E-state index in [0.717, 1.165) is 13.1 Å². The van der Waals surface area contributed by atoms with Crippen LogP contribution in [0.1, 0.15) is 0 Å². The van der Waals surface area contributed by atoms with E-state index < -0.39 is 0 Å². The number of rotatable bonds is 3. The van der Waals surface area contributed by atoms with Crippen LogP contribution in [-0.4, -0.2) is 43.4 Å². The SMILES string of the molecule is COc1cc(O)ccc1OC1CN(C)C1. The van der Waals surface area contributed by atoms with E-state index in [2.05, 4.69) is 4.90 Å². The van der Waals surface area contributed by atoms with Crippen molar-refractivity contribution in [3.63, 3.8) is 0 Å². The van der Waals surface area contributed by atoms with Gasteiger partial charge in [-0.1, -0.05) is 0 Å². The third-order valence-electron chi connectivity index (χ3n) is 2.47. The fraction of sp³-hybridized carbons (Fsp3) is 0.455. The van der Waals surface area contributed by atoms with Crippen LogP contribution in [0, 0.1) is 0 Å². The van der Waals surface area contributed by atoms with Gasteiger partial charge in [0.2, 0.25) is 0 Å². The van der Waals surface area contributed by atoms with E-state index in [0.29, 0.717) is 11.5 Å². The Hall–Kier alpha value is -1.42. The molecule has 1 aliphatic rings. The summed E-state index contributed by atoms with van der Waals surface area (Å²) >= 11 is 0. The van der Waals surface area contributed by atoms with Gasteiger partial charge in [-0.15, -0.1) is 0 Å². The number of hydrogen-bond acceptors (Lipinski definition) is 4. The predicted octanol–water partition coefficient (Wildman–Crippen LogP) is 1.09. The van der Waals surface area contributed by atoms with Crippen molar-refractivity contribution < 1.29 is 14.6 Å². The molecule has 0 saturated carbocycles. The molecular formula is C11H15NO3. The number of benzene rings is 1. The van der Waals surface area contributed by atoms with Gasteiger partial charge in [0.15, 0.2) is 11.5 Å². The Morgan fingerprint density at radius 2 is 2.07 bits per heavy atom. The van der Waals surface area contributed by atoms with Crippen molar-refractivity contribution in [1.29, 1.82) is 0 Å². The van der Waals surface area contributed by atoms with Gasteiger partial charge < -0.3 is 14.6 Å². The molecule has 0 spiro atoms. The Kier molecular flexibility index (Phi) is 2.68. The second kappa shape index (κ2) is 3.98. The van der Waals surface area contributed by atoms with Crippen LogP contribution in [0.15, 0.2) is 18.2 Å². The van der Waals surface area contributed by atoms with Crippen LogP contribution < -0.4 is 9.47 Å². The zero-order valence-electron chi connectivity index (χ0n) is 8.93. The highest BCUT2D eigenvalue weighted by Crippen LogP contribution is 2.32. The maximum Gasteiger partial charge on any atom is 0.164 e. The third-order valence-corrected chi connectivity index (χ3v) is 2.47. The monoisotopic (exact) mass is 209 g/mol. The number of hydrogen-bond donors (Lipinski definition) is 1. The minimum Gasteiger partial charge on any atom is -0.508 e. The molecule has 1 aromatic carbocycles. The number of methoxy groups -OCH3 is 1. The van der Waals surface area contributed by atoms with Crippen LogP contribution in [0.25, 0.3) is 0 Å². The van der Waals surface area contributed by atoms with Crippen molar-refractivity contribution in [2.24, 2.45) is 0 Å². The summed E-state index contributed by atoms with van der Waals surface area (Å²) in [4.78, 5) is 2.18. The molecule has 1 saturated heterocycles. The number of phenolic OH excluding ortho intramolecular Hbond substituents is 1. The molecule has 1 N–H and O–H groups in total. The van der Waals surface area contributed by atoms with Crippen molar-refractivity contribution in [1.82, 2.24) is 4.90 Å². The molecule has 0 radical (unpaired) electrons. The number of aromatic hydroxyl groups is 1. The molecule has 0 unspecified atom stereocenters. The van der Waals surface area contributed by atoms with Gasteiger partial charge in [-0.05, 0) is 19.2 Å². The van der Waals surface area contributed by atoms with E-state index in [1.54, 1.807) is 25.3 Å². The van der Waals surface area contributed by atoms with Gasteiger partial charge in [-0.3, -0.25) is 4.90 Å². The summed E-state index contributed by atoms with van der Waals surface area (Å²) in [6.45, 7) is 1.87. The average Bonchev–Trinajstić information content (AvgIpc) is 2.18. The summed E-state index contributed by atoms with van der Waals surface area (Å²) in [6, 6.07) is 4.88. The van der Waals surface area contributed by atoms with Crippen LogP contribution >= 0.6 is 0 Å². The number of phenols is 1. The molecule has 15 heavy (non-hydrogen) atoms. The smallest absolute Gasteiger partial charge is 0.164 e. The molecule has 1 aliphatic heterocycles. The van der Waals surface area contributed by atoms with Gasteiger partial charge in [0.1, 0.15) is 11.9 Å². The largest absolute Gasteiger partial charge is 0.508 e. The summed E-state index contributed by atoms with van der Waals surface area (Å²) in [5, 5.41) is 9.27. The molecule has 82 valence electrons. The lowest BCUT2D eigenvalue weighted by molar-refractivity contribution is 0.0369. The second-order valence-corrected chi connectivity index (χ2v) is 3.80. The Morgan fingerprint density at radius 3 is 2.67 bits per heavy atom. The third kappa shape index (κ3) is 2.15. The Labute approximate surface area is 89.0 Å². The molecular weight excluding hydrogens is 194 g/mol. The van der Waals surface area contributed by atoms with Crippen molar-refractivity contribution in [2.45, 2.75) is 6.10 Å². The van der Waals surface area contributed by atoms with Crippen molar-refractivity contribution in [2.75, 3.05) is 27.2 Å².